The quantitative estimate of drug-likeness (QED) is 0.327. The summed E-state index contributed by atoms with van der Waals surface area (Å²) in [6.07, 6.45) is -1.59. The van der Waals surface area contributed by atoms with Crippen molar-refractivity contribution >= 4 is 34.0 Å². The molecule has 0 bridgehead atoms. The van der Waals surface area contributed by atoms with Crippen molar-refractivity contribution in [2.75, 3.05) is 6.61 Å². The lowest BCUT2D eigenvalue weighted by atomic mass is 9.86. The van der Waals surface area contributed by atoms with Crippen molar-refractivity contribution in [1.82, 2.24) is 4.57 Å². The molecule has 5 nitrogen and oxygen atoms in total. The van der Waals surface area contributed by atoms with Gasteiger partial charge in [0, 0.05) is 23.6 Å². The van der Waals surface area contributed by atoms with Gasteiger partial charge < -0.3 is 14.4 Å². The van der Waals surface area contributed by atoms with Crippen LogP contribution in [0.5, 0.6) is 5.75 Å². The Morgan fingerprint density at radius 1 is 1.28 bits per heavy atom. The van der Waals surface area contributed by atoms with E-state index in [9.17, 15) is 27.9 Å². The minimum absolute atomic E-state index is 0.0694. The topological polar surface area (TPSA) is 68.5 Å². The van der Waals surface area contributed by atoms with Gasteiger partial charge >= 0.3 is 12.1 Å². The lowest BCUT2D eigenvalue weighted by Crippen LogP contribution is -2.28. The van der Waals surface area contributed by atoms with E-state index in [1.807, 2.05) is 0 Å². The Morgan fingerprint density at radius 3 is 2.64 bits per heavy atom. The Labute approximate surface area is 208 Å². The van der Waals surface area contributed by atoms with Gasteiger partial charge in [-0.25, -0.2) is 9.18 Å². The summed E-state index contributed by atoms with van der Waals surface area (Å²) in [5, 5.41) is 9.38. The Bertz CT molecular complexity index is 1490. The molecule has 1 aromatic heterocycles. The molecule has 2 aliphatic rings. The van der Waals surface area contributed by atoms with Crippen molar-refractivity contribution in [3.63, 3.8) is 0 Å². The number of halogens is 4. The Hall–Kier alpha value is -3.27. The Balaban J connectivity index is 1.54. The number of carbonyl (C=O) groups is 1. The largest absolute Gasteiger partial charge is 0.489 e. The van der Waals surface area contributed by atoms with Gasteiger partial charge in [-0.05, 0) is 48.7 Å². The number of aromatic carboxylic acids is 1. The van der Waals surface area contributed by atoms with Gasteiger partial charge in [0.05, 0.1) is 22.5 Å². The van der Waals surface area contributed by atoms with E-state index >= 15 is 4.39 Å². The number of carboxylic acids is 1. The van der Waals surface area contributed by atoms with Gasteiger partial charge in [0.15, 0.2) is 5.75 Å². The van der Waals surface area contributed by atoms with E-state index in [0.717, 1.165) is 18.2 Å². The molecule has 0 saturated heterocycles. The molecule has 188 valence electrons. The molecule has 0 spiro atoms. The fourth-order valence-corrected chi connectivity index (χ4v) is 5.51. The van der Waals surface area contributed by atoms with Crippen LogP contribution in [0, 0.1) is 5.82 Å². The van der Waals surface area contributed by atoms with Crippen LogP contribution < -0.4 is 10.2 Å². The number of alkyl halides is 3. The lowest BCUT2D eigenvalue weighted by Gasteiger charge is -2.31. The molecule has 36 heavy (non-hydrogen) atoms. The summed E-state index contributed by atoms with van der Waals surface area (Å²) in [4.78, 5) is 24.9. The normalized spacial score (nSPS) is 18.1. The molecule has 0 amide bonds. The minimum atomic E-state index is -4.46. The summed E-state index contributed by atoms with van der Waals surface area (Å²) in [6, 6.07) is 5.75. The maximum atomic E-state index is 15.6. The van der Waals surface area contributed by atoms with E-state index in [2.05, 4.69) is 0 Å². The number of ether oxygens (including phenoxy) is 1. The molecule has 1 fully saturated rings. The maximum absolute atomic E-state index is 15.6. The smallest absolute Gasteiger partial charge is 0.416 e. The van der Waals surface area contributed by atoms with Crippen molar-refractivity contribution in [3.8, 4) is 5.75 Å². The fourth-order valence-electron chi connectivity index (χ4n) is 5.06. The van der Waals surface area contributed by atoms with Crippen LogP contribution in [-0.2, 0) is 18.0 Å². The SMILES string of the molecule is CC1COc2c(C3(CC(=S)Cc4cccc(C(F)(F)F)c4)CC3)c(F)cc3c(=O)c(C(=O)O)cn1c23. The van der Waals surface area contributed by atoms with E-state index in [0.29, 0.717) is 28.8 Å². The summed E-state index contributed by atoms with van der Waals surface area (Å²) in [7, 11) is 0. The number of hydrogen-bond donors (Lipinski definition) is 1. The number of benzene rings is 2. The van der Waals surface area contributed by atoms with Crippen LogP contribution in [-0.4, -0.2) is 27.1 Å². The molecule has 2 heterocycles. The van der Waals surface area contributed by atoms with Gasteiger partial charge in [-0.2, -0.15) is 13.2 Å². The molecule has 10 heteroatoms. The molecule has 1 aliphatic heterocycles. The molecule has 0 radical (unpaired) electrons. The van der Waals surface area contributed by atoms with Crippen LogP contribution in [0.15, 0.2) is 41.3 Å². The summed E-state index contributed by atoms with van der Waals surface area (Å²) in [5.41, 5.74) is -1.64. The van der Waals surface area contributed by atoms with Crippen molar-refractivity contribution in [2.24, 2.45) is 0 Å². The first-order valence-corrected chi connectivity index (χ1v) is 11.8. The van der Waals surface area contributed by atoms with E-state index in [1.54, 1.807) is 17.6 Å². The number of aromatic nitrogens is 1. The number of pyridine rings is 1. The van der Waals surface area contributed by atoms with Crippen LogP contribution >= 0.6 is 12.2 Å². The first kappa shape index (κ1) is 24.4. The Morgan fingerprint density at radius 2 is 2.00 bits per heavy atom. The number of thiocarbonyl (C=S) groups is 1. The zero-order valence-corrected chi connectivity index (χ0v) is 19.9. The van der Waals surface area contributed by atoms with E-state index in [-0.39, 0.29) is 42.2 Å². The van der Waals surface area contributed by atoms with Crippen molar-refractivity contribution in [3.05, 3.63) is 74.8 Å². The summed E-state index contributed by atoms with van der Waals surface area (Å²) >= 11 is 5.54. The molecule has 1 aliphatic carbocycles. The highest BCUT2D eigenvalue weighted by Crippen LogP contribution is 2.57. The average Bonchev–Trinajstić information content (AvgIpc) is 3.56. The first-order valence-electron chi connectivity index (χ1n) is 11.4. The third kappa shape index (κ3) is 4.07. The average molecular weight is 520 g/mol. The third-order valence-electron chi connectivity index (χ3n) is 6.97. The highest BCUT2D eigenvalue weighted by Gasteiger charge is 2.49. The second-order valence-corrected chi connectivity index (χ2v) is 10.2. The lowest BCUT2D eigenvalue weighted by molar-refractivity contribution is -0.137. The van der Waals surface area contributed by atoms with Gasteiger partial charge in [-0.15, -0.1) is 0 Å². The zero-order valence-electron chi connectivity index (χ0n) is 19.1. The number of carboxylic acid groups (broad SMARTS) is 1. The van der Waals surface area contributed by atoms with Crippen LogP contribution in [0.2, 0.25) is 0 Å². The van der Waals surface area contributed by atoms with Crippen LogP contribution in [0.4, 0.5) is 17.6 Å². The van der Waals surface area contributed by atoms with Crippen molar-refractivity contribution in [1.29, 1.82) is 0 Å². The van der Waals surface area contributed by atoms with Crippen molar-refractivity contribution < 1.29 is 32.2 Å². The van der Waals surface area contributed by atoms with Crippen molar-refractivity contribution in [2.45, 2.75) is 50.2 Å². The van der Waals surface area contributed by atoms with Gasteiger partial charge in [0.25, 0.3) is 0 Å². The van der Waals surface area contributed by atoms with Crippen LogP contribution in [0.25, 0.3) is 10.9 Å². The summed E-state index contributed by atoms with van der Waals surface area (Å²) in [5.74, 6) is -1.87. The number of rotatable bonds is 6. The predicted molar refractivity (Wildman–Crippen MR) is 129 cm³/mol. The molecule has 1 unspecified atom stereocenters. The molecular weight excluding hydrogens is 498 g/mol. The van der Waals surface area contributed by atoms with Gasteiger partial charge in [-0.3, -0.25) is 4.79 Å². The standard InChI is InChI=1S/C26H21F4NO4S/c1-13-12-35-23-20(19(27)9-17-21(23)31(13)11-18(22(17)32)24(33)34)25(5-6-25)10-16(36)8-14-3-2-4-15(7-14)26(28,29)30/h2-4,7,9,11,13H,5-6,8,10,12H2,1H3,(H,33,34). The van der Waals surface area contributed by atoms with E-state index in [4.69, 9.17) is 17.0 Å². The molecule has 1 saturated carbocycles. The molecule has 1 N–H and O–H groups in total. The number of hydrogen-bond acceptors (Lipinski definition) is 4. The van der Waals surface area contributed by atoms with Gasteiger partial charge in [-0.1, -0.05) is 30.4 Å². The molecule has 2 aromatic carbocycles. The first-order chi connectivity index (χ1) is 16.9. The second kappa shape index (κ2) is 8.40. The molecule has 3 aromatic rings. The highest BCUT2D eigenvalue weighted by molar-refractivity contribution is 7.80. The monoisotopic (exact) mass is 519 g/mol. The molecular formula is C26H21F4NO4S. The third-order valence-corrected chi connectivity index (χ3v) is 7.26. The molecule has 1 atom stereocenters. The molecule has 5 rings (SSSR count). The maximum Gasteiger partial charge on any atom is 0.416 e. The predicted octanol–water partition coefficient (Wildman–Crippen LogP) is 5.85. The second-order valence-electron chi connectivity index (χ2n) is 9.57. The summed E-state index contributed by atoms with van der Waals surface area (Å²) in [6.45, 7) is 1.96. The fraction of sp³-hybridized carbons (Fsp3) is 0.346. The summed E-state index contributed by atoms with van der Waals surface area (Å²) < 4.78 is 62.4. The number of nitrogens with zero attached hydrogens (tertiary/aromatic N) is 1. The van der Waals surface area contributed by atoms with Gasteiger partial charge in [0.1, 0.15) is 18.0 Å². The van der Waals surface area contributed by atoms with E-state index in [1.165, 1.54) is 12.3 Å². The minimum Gasteiger partial charge on any atom is -0.489 e. The zero-order chi connectivity index (χ0) is 26.0. The van der Waals surface area contributed by atoms with Gasteiger partial charge in [0.2, 0.25) is 5.43 Å². The van der Waals surface area contributed by atoms with Crippen LogP contribution in [0.1, 0.15) is 59.3 Å². The van der Waals surface area contributed by atoms with Crippen LogP contribution in [0.3, 0.4) is 0 Å². The van der Waals surface area contributed by atoms with E-state index < -0.39 is 39.9 Å². The Kier molecular flexibility index (Phi) is 5.70. The highest BCUT2D eigenvalue weighted by atomic mass is 32.1.